The Hall–Kier alpha value is -4.61. The molecule has 1 atom stereocenters. The molecule has 1 fully saturated rings. The fourth-order valence-electron chi connectivity index (χ4n) is 6.34. The summed E-state index contributed by atoms with van der Waals surface area (Å²) in [5.74, 6) is 2.36. The first-order chi connectivity index (χ1) is 22.4. The van der Waals surface area contributed by atoms with Crippen LogP contribution in [0.2, 0.25) is 5.02 Å². The van der Waals surface area contributed by atoms with Crippen LogP contribution in [0.3, 0.4) is 0 Å². The molecule has 234 valence electrons. The van der Waals surface area contributed by atoms with Gasteiger partial charge in [-0.2, -0.15) is 0 Å². The average Bonchev–Trinajstić information content (AvgIpc) is 3.57. The van der Waals surface area contributed by atoms with Gasteiger partial charge in [-0.3, -0.25) is 14.2 Å². The molecule has 10 nitrogen and oxygen atoms in total. The highest BCUT2D eigenvalue weighted by Gasteiger charge is 2.39. The second kappa shape index (κ2) is 12.3. The summed E-state index contributed by atoms with van der Waals surface area (Å²) in [6.07, 6.45) is 3.48. The van der Waals surface area contributed by atoms with Crippen molar-refractivity contribution in [2.24, 2.45) is 0 Å². The Morgan fingerprint density at radius 1 is 0.957 bits per heavy atom. The number of methoxy groups -OCH3 is 1. The monoisotopic (exact) mass is 653 g/mol. The normalized spacial score (nSPS) is 16.3. The molecule has 0 unspecified atom stereocenters. The molecule has 4 heterocycles. The van der Waals surface area contributed by atoms with Crippen molar-refractivity contribution in [3.8, 4) is 11.4 Å². The lowest BCUT2D eigenvalue weighted by atomic mass is 10.1. The van der Waals surface area contributed by atoms with E-state index in [0.717, 1.165) is 24.2 Å². The molecule has 0 spiro atoms. The molecule has 1 amide bonds. The second-order valence-electron chi connectivity index (χ2n) is 11.4. The minimum atomic E-state index is -0.333. The van der Waals surface area contributed by atoms with Crippen LogP contribution in [-0.2, 0) is 6.54 Å². The van der Waals surface area contributed by atoms with Gasteiger partial charge in [0.15, 0.2) is 5.16 Å². The molecule has 12 heteroatoms. The van der Waals surface area contributed by atoms with Crippen LogP contribution in [0.4, 0.5) is 11.6 Å². The number of carbonyl (C=O) groups excluding carboxylic acids is 1. The number of ether oxygens (including phenoxy) is 1. The summed E-state index contributed by atoms with van der Waals surface area (Å²) in [6.45, 7) is 1.56. The average molecular weight is 654 g/mol. The summed E-state index contributed by atoms with van der Waals surface area (Å²) >= 11 is 7.98. The van der Waals surface area contributed by atoms with Gasteiger partial charge in [-0.05, 0) is 61.1 Å². The van der Waals surface area contributed by atoms with E-state index in [1.165, 1.54) is 11.8 Å². The maximum Gasteiger partial charge on any atom is 0.267 e. The number of hydrogen-bond acceptors (Lipinski definition) is 9. The van der Waals surface area contributed by atoms with Gasteiger partial charge < -0.3 is 19.4 Å². The molecule has 46 heavy (non-hydrogen) atoms. The highest BCUT2D eigenvalue weighted by atomic mass is 35.5. The van der Waals surface area contributed by atoms with Gasteiger partial charge in [-0.15, -0.1) is 0 Å². The number of nitrogens with zero attached hydrogens (tertiary/aromatic N) is 7. The maximum atomic E-state index is 14.2. The molecule has 2 aromatic heterocycles. The van der Waals surface area contributed by atoms with E-state index in [9.17, 15) is 9.59 Å². The van der Waals surface area contributed by atoms with E-state index >= 15 is 0 Å². The van der Waals surface area contributed by atoms with E-state index in [4.69, 9.17) is 31.3 Å². The minimum Gasteiger partial charge on any atom is -0.497 e. The summed E-state index contributed by atoms with van der Waals surface area (Å²) in [7, 11) is 3.44. The first-order valence-electron chi connectivity index (χ1n) is 15.0. The van der Waals surface area contributed by atoms with Gasteiger partial charge >= 0.3 is 0 Å². The number of thioether (sulfide) groups is 1. The van der Waals surface area contributed by atoms with Crippen LogP contribution in [0.15, 0.2) is 82.7 Å². The van der Waals surface area contributed by atoms with Crippen molar-refractivity contribution < 1.29 is 9.53 Å². The van der Waals surface area contributed by atoms with Crippen molar-refractivity contribution in [1.82, 2.24) is 24.4 Å². The molecule has 0 saturated carbocycles. The third-order valence-electron chi connectivity index (χ3n) is 8.52. The number of aromatic nitrogens is 4. The van der Waals surface area contributed by atoms with Crippen molar-refractivity contribution in [2.45, 2.75) is 30.6 Å². The van der Waals surface area contributed by atoms with Crippen LogP contribution in [0.5, 0.6) is 5.75 Å². The SMILES string of the molecule is COc1ccc(CN2CN(C)C(=O)c3c2nc(SC)nc3N2CCC[C@H]2c2nc3cccc(Cl)c3c(=O)n2-c2ccccc2)cc1. The van der Waals surface area contributed by atoms with Crippen molar-refractivity contribution in [3.05, 3.63) is 105 Å². The molecule has 0 radical (unpaired) electrons. The zero-order valence-corrected chi connectivity index (χ0v) is 27.3. The number of fused-ring (bicyclic) bond motifs is 2. The van der Waals surface area contributed by atoms with Gasteiger partial charge in [0.25, 0.3) is 11.5 Å². The van der Waals surface area contributed by atoms with Crippen LogP contribution < -0.4 is 20.1 Å². The van der Waals surface area contributed by atoms with E-state index in [1.807, 2.05) is 66.9 Å². The van der Waals surface area contributed by atoms with E-state index in [0.29, 0.717) is 69.6 Å². The quantitative estimate of drug-likeness (QED) is 0.156. The molecule has 3 aromatic carbocycles. The van der Waals surface area contributed by atoms with Gasteiger partial charge in [0, 0.05) is 20.1 Å². The Balaban J connectivity index is 1.39. The number of amides is 1. The topological polar surface area (TPSA) is 96.7 Å². The molecule has 0 aliphatic carbocycles. The Bertz CT molecular complexity index is 2010. The third-order valence-corrected chi connectivity index (χ3v) is 9.38. The van der Waals surface area contributed by atoms with Gasteiger partial charge in [0.2, 0.25) is 0 Å². The summed E-state index contributed by atoms with van der Waals surface area (Å²) in [5, 5.41) is 1.29. The molecule has 0 N–H and O–H groups in total. The summed E-state index contributed by atoms with van der Waals surface area (Å²) < 4.78 is 7.00. The number of carbonyl (C=O) groups is 1. The first-order valence-corrected chi connectivity index (χ1v) is 16.6. The fourth-order valence-corrected chi connectivity index (χ4v) is 6.94. The van der Waals surface area contributed by atoms with Crippen molar-refractivity contribution >= 4 is 51.8 Å². The van der Waals surface area contributed by atoms with Crippen LogP contribution in [-0.4, -0.2) is 64.0 Å². The fraction of sp³-hybridized carbons (Fsp3) is 0.265. The predicted molar refractivity (Wildman–Crippen MR) is 182 cm³/mol. The summed E-state index contributed by atoms with van der Waals surface area (Å²) in [5.41, 5.74) is 2.50. The van der Waals surface area contributed by atoms with Gasteiger partial charge in [-0.25, -0.2) is 15.0 Å². The van der Waals surface area contributed by atoms with E-state index < -0.39 is 0 Å². The van der Waals surface area contributed by atoms with Crippen molar-refractivity contribution in [2.75, 3.05) is 43.4 Å². The highest BCUT2D eigenvalue weighted by molar-refractivity contribution is 7.98. The Labute approximate surface area is 275 Å². The van der Waals surface area contributed by atoms with Crippen LogP contribution in [0.25, 0.3) is 16.6 Å². The molecule has 2 aliphatic heterocycles. The van der Waals surface area contributed by atoms with E-state index in [-0.39, 0.29) is 17.5 Å². The molecule has 1 saturated heterocycles. The maximum absolute atomic E-state index is 14.2. The number of rotatable bonds is 7. The lowest BCUT2D eigenvalue weighted by molar-refractivity contribution is 0.0780. The van der Waals surface area contributed by atoms with Gasteiger partial charge in [-0.1, -0.05) is 59.8 Å². The zero-order chi connectivity index (χ0) is 31.9. The first kappa shape index (κ1) is 30.1. The molecular weight excluding hydrogens is 622 g/mol. The van der Waals surface area contributed by atoms with E-state index in [2.05, 4.69) is 9.80 Å². The summed E-state index contributed by atoms with van der Waals surface area (Å²) in [6, 6.07) is 22.4. The largest absolute Gasteiger partial charge is 0.497 e. The standard InChI is InChI=1S/C34H32ClN7O3S/c1-39-20-40(19-21-14-16-23(45-2)17-15-21)30-28(32(39)43)31(38-34(37-30)46-3)41-18-8-13-26(41)29-36-25-12-7-11-24(35)27(25)33(44)42(29)22-9-5-4-6-10-22/h4-7,9-12,14-17,26H,8,13,18-20H2,1-3H3/t26-/m0/s1. The number of halogens is 1. The molecule has 5 aromatic rings. The highest BCUT2D eigenvalue weighted by Crippen LogP contribution is 2.42. The lowest BCUT2D eigenvalue weighted by Gasteiger charge is -2.38. The molecule has 2 aliphatic rings. The lowest BCUT2D eigenvalue weighted by Crippen LogP contribution is -2.46. The second-order valence-corrected chi connectivity index (χ2v) is 12.5. The third kappa shape index (κ3) is 5.23. The Morgan fingerprint density at radius 3 is 2.46 bits per heavy atom. The predicted octanol–water partition coefficient (Wildman–Crippen LogP) is 5.95. The smallest absolute Gasteiger partial charge is 0.267 e. The van der Waals surface area contributed by atoms with E-state index in [1.54, 1.807) is 35.8 Å². The van der Waals surface area contributed by atoms with Crippen LogP contribution in [0.1, 0.15) is 40.6 Å². The zero-order valence-electron chi connectivity index (χ0n) is 25.7. The van der Waals surface area contributed by atoms with Gasteiger partial charge in [0.1, 0.15) is 28.8 Å². The Kier molecular flexibility index (Phi) is 8.04. The minimum absolute atomic E-state index is 0.145. The number of para-hydroxylation sites is 1. The molecule has 7 rings (SSSR count). The van der Waals surface area contributed by atoms with Crippen molar-refractivity contribution in [1.29, 1.82) is 0 Å². The van der Waals surface area contributed by atoms with Crippen molar-refractivity contribution in [3.63, 3.8) is 0 Å². The number of benzene rings is 3. The molecular formula is C34H32ClN7O3S. The molecule has 0 bridgehead atoms. The van der Waals surface area contributed by atoms with Gasteiger partial charge in [0.05, 0.1) is 41.4 Å². The van der Waals surface area contributed by atoms with Crippen LogP contribution >= 0.6 is 23.4 Å². The number of hydrogen-bond donors (Lipinski definition) is 0. The summed E-state index contributed by atoms with van der Waals surface area (Å²) in [4.78, 5) is 49.0. The Morgan fingerprint density at radius 2 is 1.72 bits per heavy atom. The number of anilines is 2. The van der Waals surface area contributed by atoms with Crippen LogP contribution in [0, 0.1) is 0 Å².